The molecule has 2 aliphatic heterocycles. The molecule has 1 saturated heterocycles. The fourth-order valence-corrected chi connectivity index (χ4v) is 5.20. The van der Waals surface area contributed by atoms with Crippen LogP contribution in [-0.4, -0.2) is 47.9 Å². The van der Waals surface area contributed by atoms with E-state index in [1.54, 1.807) is 11.3 Å². The zero-order valence-corrected chi connectivity index (χ0v) is 19.0. The number of likely N-dealkylation sites (tertiary alicyclic amines) is 1. The van der Waals surface area contributed by atoms with E-state index >= 15 is 0 Å². The molecule has 30 heavy (non-hydrogen) atoms. The lowest BCUT2D eigenvalue weighted by atomic mass is 9.98. The van der Waals surface area contributed by atoms with Crippen LogP contribution in [-0.2, 0) is 11.3 Å². The smallest absolute Gasteiger partial charge is 0.222 e. The van der Waals surface area contributed by atoms with Crippen LogP contribution in [0.3, 0.4) is 0 Å². The van der Waals surface area contributed by atoms with Crippen molar-refractivity contribution in [3.8, 4) is 0 Å². The van der Waals surface area contributed by atoms with E-state index in [1.165, 1.54) is 16.1 Å². The molecule has 1 aromatic carbocycles. The Labute approximate surface area is 183 Å². The molecule has 0 spiro atoms. The van der Waals surface area contributed by atoms with Gasteiger partial charge in [0.1, 0.15) is 5.01 Å². The molecule has 160 valence electrons. The van der Waals surface area contributed by atoms with E-state index in [2.05, 4.69) is 60.2 Å². The molecule has 7 heteroatoms. The zero-order chi connectivity index (χ0) is 21.1. The standard InChI is InChI=1S/C23H31N5OS/c1-4-24-23(25-14-21-26-16(2)17(3)30-21)28-15-18(19-8-5-6-9-20(19)28)11-13-27-12-7-10-22(27)29/h5-6,8-9,18H,4,7,10-15H2,1-3H3,(H,24,25). The fraction of sp³-hybridized carbons (Fsp3) is 0.522. The van der Waals surface area contributed by atoms with Gasteiger partial charge < -0.3 is 15.1 Å². The van der Waals surface area contributed by atoms with Crippen LogP contribution in [0.5, 0.6) is 0 Å². The van der Waals surface area contributed by atoms with Crippen LogP contribution >= 0.6 is 11.3 Å². The SMILES string of the molecule is CCNC(=NCc1nc(C)c(C)s1)N1CC(CCN2CCCC2=O)c2ccccc21. The third-order valence-corrected chi connectivity index (χ3v) is 7.07. The minimum Gasteiger partial charge on any atom is -0.356 e. The van der Waals surface area contributed by atoms with E-state index < -0.39 is 0 Å². The van der Waals surface area contributed by atoms with Crippen molar-refractivity contribution in [3.63, 3.8) is 0 Å². The lowest BCUT2D eigenvalue weighted by Crippen LogP contribution is -2.41. The summed E-state index contributed by atoms with van der Waals surface area (Å²) >= 11 is 1.72. The first kappa shape index (κ1) is 20.8. The molecule has 2 aliphatic rings. The summed E-state index contributed by atoms with van der Waals surface area (Å²) in [5.41, 5.74) is 3.68. The number of aromatic nitrogens is 1. The number of hydrogen-bond donors (Lipinski definition) is 1. The second kappa shape index (κ2) is 9.16. The number of para-hydroxylation sites is 1. The van der Waals surface area contributed by atoms with Crippen molar-refractivity contribution < 1.29 is 4.79 Å². The van der Waals surface area contributed by atoms with Crippen LogP contribution in [0, 0.1) is 13.8 Å². The number of guanidine groups is 1. The number of thiazole rings is 1. The Bertz CT molecular complexity index is 918. The number of hydrogen-bond acceptors (Lipinski definition) is 4. The average Bonchev–Trinajstić information content (AvgIpc) is 3.41. The number of anilines is 1. The summed E-state index contributed by atoms with van der Waals surface area (Å²) < 4.78 is 0. The monoisotopic (exact) mass is 425 g/mol. The summed E-state index contributed by atoms with van der Waals surface area (Å²) in [4.78, 5) is 27.2. The number of benzene rings is 1. The predicted octanol–water partition coefficient (Wildman–Crippen LogP) is 3.84. The molecule has 4 rings (SSSR count). The van der Waals surface area contributed by atoms with E-state index in [4.69, 9.17) is 4.99 Å². The van der Waals surface area contributed by atoms with Crippen molar-refractivity contribution in [2.45, 2.75) is 52.5 Å². The summed E-state index contributed by atoms with van der Waals surface area (Å²) in [6.45, 7) is 10.3. The summed E-state index contributed by atoms with van der Waals surface area (Å²) in [6.07, 6.45) is 2.70. The third-order valence-electron chi connectivity index (χ3n) is 6.02. The van der Waals surface area contributed by atoms with Crippen molar-refractivity contribution in [2.24, 2.45) is 4.99 Å². The molecule has 6 nitrogen and oxygen atoms in total. The third kappa shape index (κ3) is 4.36. The second-order valence-corrected chi connectivity index (χ2v) is 9.35. The van der Waals surface area contributed by atoms with Crippen LogP contribution in [0.1, 0.15) is 53.2 Å². The maximum Gasteiger partial charge on any atom is 0.222 e. The molecule has 3 heterocycles. The summed E-state index contributed by atoms with van der Waals surface area (Å²) in [5, 5.41) is 4.52. The van der Waals surface area contributed by atoms with Crippen molar-refractivity contribution in [1.29, 1.82) is 0 Å². The van der Waals surface area contributed by atoms with E-state index in [1.807, 2.05) is 4.90 Å². The van der Waals surface area contributed by atoms with Gasteiger partial charge in [0.25, 0.3) is 0 Å². The van der Waals surface area contributed by atoms with Crippen LogP contribution in [0.2, 0.25) is 0 Å². The van der Waals surface area contributed by atoms with Gasteiger partial charge in [-0.15, -0.1) is 11.3 Å². The quantitative estimate of drug-likeness (QED) is 0.564. The number of aryl methyl sites for hydroxylation is 2. The number of nitrogens with one attached hydrogen (secondary N) is 1. The average molecular weight is 426 g/mol. The lowest BCUT2D eigenvalue weighted by Gasteiger charge is -2.23. The first-order valence-corrected chi connectivity index (χ1v) is 11.7. The van der Waals surface area contributed by atoms with Crippen LogP contribution in [0.25, 0.3) is 0 Å². The van der Waals surface area contributed by atoms with Crippen LogP contribution < -0.4 is 10.2 Å². The molecule has 1 N–H and O–H groups in total. The Kier molecular flexibility index (Phi) is 6.37. The molecule has 1 aromatic heterocycles. The number of fused-ring (bicyclic) bond motifs is 1. The number of nitrogens with zero attached hydrogens (tertiary/aromatic N) is 4. The molecule has 1 amide bonds. The predicted molar refractivity (Wildman–Crippen MR) is 123 cm³/mol. The number of carbonyl (C=O) groups excluding carboxylic acids is 1. The Morgan fingerprint density at radius 2 is 2.17 bits per heavy atom. The van der Waals surface area contributed by atoms with E-state index in [0.717, 1.165) is 55.7 Å². The van der Waals surface area contributed by atoms with Gasteiger partial charge in [0, 0.05) is 49.1 Å². The van der Waals surface area contributed by atoms with Crippen molar-refractivity contribution in [2.75, 3.05) is 31.1 Å². The Hall–Kier alpha value is -2.41. The fourth-order valence-electron chi connectivity index (χ4n) is 4.34. The molecule has 1 atom stereocenters. The number of carbonyl (C=O) groups is 1. The topological polar surface area (TPSA) is 60.8 Å². The van der Waals surface area contributed by atoms with Crippen LogP contribution in [0.4, 0.5) is 5.69 Å². The summed E-state index contributed by atoms with van der Waals surface area (Å²) in [6, 6.07) is 8.61. The normalized spacial score (nSPS) is 19.0. The van der Waals surface area contributed by atoms with Gasteiger partial charge in [0.15, 0.2) is 5.96 Å². The van der Waals surface area contributed by atoms with Crippen molar-refractivity contribution in [3.05, 3.63) is 45.4 Å². The maximum atomic E-state index is 12.0. The Morgan fingerprint density at radius 3 is 2.87 bits per heavy atom. The van der Waals surface area contributed by atoms with Crippen molar-refractivity contribution in [1.82, 2.24) is 15.2 Å². The molecule has 2 aromatic rings. The minimum atomic E-state index is 0.307. The molecule has 1 unspecified atom stereocenters. The summed E-state index contributed by atoms with van der Waals surface area (Å²) in [5.74, 6) is 1.63. The molecule has 0 radical (unpaired) electrons. The molecule has 0 bridgehead atoms. The number of aliphatic imine (C=N–C) groups is 1. The highest BCUT2D eigenvalue weighted by Gasteiger charge is 2.32. The number of rotatable bonds is 6. The molecule has 0 aliphatic carbocycles. The molecular weight excluding hydrogens is 394 g/mol. The molecule has 1 fully saturated rings. The van der Waals surface area contributed by atoms with Gasteiger partial charge >= 0.3 is 0 Å². The maximum absolute atomic E-state index is 12.0. The van der Waals surface area contributed by atoms with Gasteiger partial charge in [0.2, 0.25) is 5.91 Å². The van der Waals surface area contributed by atoms with Gasteiger partial charge in [0.05, 0.1) is 12.2 Å². The highest BCUT2D eigenvalue weighted by atomic mass is 32.1. The van der Waals surface area contributed by atoms with E-state index in [-0.39, 0.29) is 0 Å². The first-order valence-electron chi connectivity index (χ1n) is 10.9. The Morgan fingerprint density at radius 1 is 1.33 bits per heavy atom. The highest BCUT2D eigenvalue weighted by Crippen LogP contribution is 2.38. The summed E-state index contributed by atoms with van der Waals surface area (Å²) in [7, 11) is 0. The van der Waals surface area contributed by atoms with E-state index in [0.29, 0.717) is 24.8 Å². The zero-order valence-electron chi connectivity index (χ0n) is 18.1. The largest absolute Gasteiger partial charge is 0.356 e. The van der Waals surface area contributed by atoms with Gasteiger partial charge in [-0.05, 0) is 45.2 Å². The van der Waals surface area contributed by atoms with Gasteiger partial charge in [-0.3, -0.25) is 4.79 Å². The van der Waals surface area contributed by atoms with Gasteiger partial charge in [-0.25, -0.2) is 9.98 Å². The lowest BCUT2D eigenvalue weighted by molar-refractivity contribution is -0.127. The molecular formula is C23H31N5OS. The van der Waals surface area contributed by atoms with Gasteiger partial charge in [-0.1, -0.05) is 18.2 Å². The Balaban J connectivity index is 1.52. The molecule has 0 saturated carbocycles. The minimum absolute atomic E-state index is 0.307. The van der Waals surface area contributed by atoms with Crippen LogP contribution in [0.15, 0.2) is 29.3 Å². The highest BCUT2D eigenvalue weighted by molar-refractivity contribution is 7.11. The van der Waals surface area contributed by atoms with Gasteiger partial charge in [-0.2, -0.15) is 0 Å². The number of amides is 1. The second-order valence-electron chi connectivity index (χ2n) is 8.06. The van der Waals surface area contributed by atoms with E-state index in [9.17, 15) is 4.79 Å². The first-order chi connectivity index (χ1) is 14.6. The van der Waals surface area contributed by atoms with Crippen molar-refractivity contribution >= 4 is 28.9 Å².